The summed E-state index contributed by atoms with van der Waals surface area (Å²) in [6.07, 6.45) is 0. The van der Waals surface area contributed by atoms with Crippen molar-refractivity contribution in [3.63, 3.8) is 0 Å². The van der Waals surface area contributed by atoms with Gasteiger partial charge >= 0.3 is 0 Å². The minimum atomic E-state index is -0.133. The third kappa shape index (κ3) is 2.78. The van der Waals surface area contributed by atoms with E-state index in [-0.39, 0.29) is 11.3 Å². The largest absolute Gasteiger partial charge is 0.295 e. The van der Waals surface area contributed by atoms with Crippen molar-refractivity contribution in [3.8, 4) is 0 Å². The van der Waals surface area contributed by atoms with Gasteiger partial charge in [-0.05, 0) is 25.1 Å². The topological polar surface area (TPSA) is 20.3 Å². The second kappa shape index (κ2) is 5.91. The molecule has 1 saturated heterocycles. The number of amides is 1. The lowest BCUT2D eigenvalue weighted by molar-refractivity contribution is -0.115. The number of carbonyl (C=O) groups is 1. The van der Waals surface area contributed by atoms with Crippen LogP contribution in [0.25, 0.3) is 0 Å². The van der Waals surface area contributed by atoms with Gasteiger partial charge in [-0.1, -0.05) is 53.0 Å². The van der Waals surface area contributed by atoms with Crippen molar-refractivity contribution in [1.29, 1.82) is 0 Å². The number of hydrogen-bond donors (Lipinski definition) is 0. The lowest BCUT2D eigenvalue weighted by Crippen LogP contribution is -2.27. The van der Waals surface area contributed by atoms with E-state index in [1.165, 1.54) is 0 Å². The fraction of sp³-hybridized carbons (Fsp3) is 0.188. The standard InChI is InChI=1S/C16H13Cl2NOS/c1-10-5-7-11(8-6-10)19-14(20)9-21-16(19)12-3-2-4-13(17)15(12)18/h2-8,16H,9H2,1H3/t16-/m1/s1. The van der Waals surface area contributed by atoms with Gasteiger partial charge in [0.2, 0.25) is 5.91 Å². The first-order chi connectivity index (χ1) is 10.1. The maximum absolute atomic E-state index is 12.3. The molecule has 2 nitrogen and oxygen atoms in total. The Morgan fingerprint density at radius 1 is 1.14 bits per heavy atom. The zero-order valence-corrected chi connectivity index (χ0v) is 13.7. The SMILES string of the molecule is Cc1ccc(N2C(=O)CS[C@@H]2c2cccc(Cl)c2Cl)cc1. The molecular formula is C16H13Cl2NOS. The number of benzene rings is 2. The Balaban J connectivity index is 2.03. The lowest BCUT2D eigenvalue weighted by Gasteiger charge is -2.25. The van der Waals surface area contributed by atoms with Gasteiger partial charge in [-0.15, -0.1) is 11.8 Å². The summed E-state index contributed by atoms with van der Waals surface area (Å²) in [5.41, 5.74) is 2.92. The van der Waals surface area contributed by atoms with Crippen LogP contribution in [-0.2, 0) is 4.79 Å². The predicted octanol–water partition coefficient (Wildman–Crippen LogP) is 5.08. The summed E-state index contributed by atoms with van der Waals surface area (Å²) < 4.78 is 0. The van der Waals surface area contributed by atoms with Crippen LogP contribution in [0, 0.1) is 6.92 Å². The van der Waals surface area contributed by atoms with Crippen molar-refractivity contribution in [1.82, 2.24) is 0 Å². The van der Waals surface area contributed by atoms with Crippen LogP contribution in [-0.4, -0.2) is 11.7 Å². The fourth-order valence-electron chi connectivity index (χ4n) is 2.35. The number of anilines is 1. The molecule has 5 heteroatoms. The molecular weight excluding hydrogens is 325 g/mol. The molecule has 0 N–H and O–H groups in total. The van der Waals surface area contributed by atoms with E-state index in [2.05, 4.69) is 0 Å². The fourth-order valence-corrected chi connectivity index (χ4v) is 4.03. The first kappa shape index (κ1) is 14.8. The summed E-state index contributed by atoms with van der Waals surface area (Å²) in [4.78, 5) is 14.1. The summed E-state index contributed by atoms with van der Waals surface area (Å²) in [6, 6.07) is 13.5. The van der Waals surface area contributed by atoms with E-state index in [1.807, 2.05) is 43.3 Å². The minimum absolute atomic E-state index is 0.0879. The molecule has 1 atom stereocenters. The molecule has 2 aromatic carbocycles. The molecule has 1 amide bonds. The summed E-state index contributed by atoms with van der Waals surface area (Å²) in [7, 11) is 0. The molecule has 2 aromatic rings. The number of thioether (sulfide) groups is 1. The van der Waals surface area contributed by atoms with Gasteiger partial charge in [0.15, 0.2) is 0 Å². The van der Waals surface area contributed by atoms with Crippen LogP contribution in [0.1, 0.15) is 16.5 Å². The Kier molecular flexibility index (Phi) is 4.16. The van der Waals surface area contributed by atoms with E-state index in [0.29, 0.717) is 15.8 Å². The first-order valence-corrected chi connectivity index (χ1v) is 8.32. The van der Waals surface area contributed by atoms with Crippen LogP contribution >= 0.6 is 35.0 Å². The summed E-state index contributed by atoms with van der Waals surface area (Å²) >= 11 is 14.0. The highest BCUT2D eigenvalue weighted by atomic mass is 35.5. The van der Waals surface area contributed by atoms with Crippen molar-refractivity contribution in [2.75, 3.05) is 10.7 Å². The minimum Gasteiger partial charge on any atom is -0.295 e. The van der Waals surface area contributed by atoms with Crippen molar-refractivity contribution in [2.45, 2.75) is 12.3 Å². The smallest absolute Gasteiger partial charge is 0.238 e. The normalized spacial score (nSPS) is 18.3. The second-order valence-electron chi connectivity index (χ2n) is 4.91. The Morgan fingerprint density at radius 2 is 1.86 bits per heavy atom. The van der Waals surface area contributed by atoms with Gasteiger partial charge in [0.1, 0.15) is 5.37 Å². The van der Waals surface area contributed by atoms with Crippen LogP contribution < -0.4 is 4.90 Å². The molecule has 3 rings (SSSR count). The van der Waals surface area contributed by atoms with Gasteiger partial charge in [0.05, 0.1) is 15.8 Å². The van der Waals surface area contributed by atoms with Crippen LogP contribution in [0.2, 0.25) is 10.0 Å². The Hall–Kier alpha value is -1.16. The average Bonchev–Trinajstić information content (AvgIpc) is 2.85. The highest BCUT2D eigenvalue weighted by Crippen LogP contribution is 2.45. The van der Waals surface area contributed by atoms with Gasteiger partial charge < -0.3 is 0 Å². The molecule has 0 bridgehead atoms. The molecule has 1 aliphatic heterocycles. The van der Waals surface area contributed by atoms with Crippen LogP contribution in [0.3, 0.4) is 0 Å². The van der Waals surface area contributed by atoms with Gasteiger partial charge in [-0.2, -0.15) is 0 Å². The number of halogens is 2. The van der Waals surface area contributed by atoms with Crippen LogP contribution in [0.4, 0.5) is 5.69 Å². The maximum Gasteiger partial charge on any atom is 0.238 e. The van der Waals surface area contributed by atoms with E-state index in [9.17, 15) is 4.79 Å². The predicted molar refractivity (Wildman–Crippen MR) is 90.3 cm³/mol. The van der Waals surface area contributed by atoms with Gasteiger partial charge in [0.25, 0.3) is 0 Å². The molecule has 1 heterocycles. The molecule has 0 radical (unpaired) electrons. The molecule has 21 heavy (non-hydrogen) atoms. The zero-order chi connectivity index (χ0) is 15.0. The second-order valence-corrected chi connectivity index (χ2v) is 6.76. The summed E-state index contributed by atoms with van der Waals surface area (Å²) in [5, 5.41) is 0.896. The van der Waals surface area contributed by atoms with E-state index in [0.717, 1.165) is 16.8 Å². The Morgan fingerprint density at radius 3 is 2.57 bits per heavy atom. The van der Waals surface area contributed by atoms with Crippen molar-refractivity contribution < 1.29 is 4.79 Å². The number of carbonyl (C=O) groups excluding carboxylic acids is 1. The van der Waals surface area contributed by atoms with Crippen LogP contribution in [0.15, 0.2) is 42.5 Å². The van der Waals surface area contributed by atoms with Gasteiger partial charge in [0, 0.05) is 11.3 Å². The third-order valence-electron chi connectivity index (χ3n) is 3.43. The molecule has 0 aliphatic carbocycles. The monoisotopic (exact) mass is 337 g/mol. The highest BCUT2D eigenvalue weighted by molar-refractivity contribution is 8.00. The average molecular weight is 338 g/mol. The summed E-state index contributed by atoms with van der Waals surface area (Å²) in [6.45, 7) is 2.02. The Bertz CT molecular complexity index is 687. The molecule has 0 unspecified atom stereocenters. The third-order valence-corrected chi connectivity index (χ3v) is 5.46. The summed E-state index contributed by atoms with van der Waals surface area (Å²) in [5.74, 6) is 0.534. The Labute approximate surface area is 138 Å². The van der Waals surface area contributed by atoms with Crippen molar-refractivity contribution >= 4 is 46.6 Å². The van der Waals surface area contributed by atoms with Crippen molar-refractivity contribution in [3.05, 3.63) is 63.6 Å². The van der Waals surface area contributed by atoms with Gasteiger partial charge in [-0.25, -0.2) is 0 Å². The van der Waals surface area contributed by atoms with Gasteiger partial charge in [-0.3, -0.25) is 9.69 Å². The quantitative estimate of drug-likeness (QED) is 0.761. The molecule has 0 spiro atoms. The molecule has 1 aliphatic rings. The number of rotatable bonds is 2. The van der Waals surface area contributed by atoms with E-state index in [4.69, 9.17) is 23.2 Å². The molecule has 108 valence electrons. The number of aryl methyl sites for hydroxylation is 1. The van der Waals surface area contributed by atoms with Crippen molar-refractivity contribution in [2.24, 2.45) is 0 Å². The maximum atomic E-state index is 12.3. The molecule has 1 fully saturated rings. The number of hydrogen-bond acceptors (Lipinski definition) is 2. The molecule has 0 aromatic heterocycles. The molecule has 0 saturated carbocycles. The zero-order valence-electron chi connectivity index (χ0n) is 11.3. The first-order valence-electron chi connectivity index (χ1n) is 6.52. The van der Waals surface area contributed by atoms with Crippen LogP contribution in [0.5, 0.6) is 0 Å². The highest BCUT2D eigenvalue weighted by Gasteiger charge is 2.35. The van der Waals surface area contributed by atoms with E-state index < -0.39 is 0 Å². The van der Waals surface area contributed by atoms with E-state index in [1.54, 1.807) is 22.7 Å². The van der Waals surface area contributed by atoms with E-state index >= 15 is 0 Å². The number of nitrogens with zero attached hydrogens (tertiary/aromatic N) is 1. The lowest BCUT2D eigenvalue weighted by atomic mass is 10.1.